The Labute approximate surface area is 166 Å². The molecule has 1 unspecified atom stereocenters. The molecule has 0 amide bonds. The third-order valence-electron chi connectivity index (χ3n) is 4.69. The van der Waals surface area contributed by atoms with Crippen LogP contribution in [0.15, 0.2) is 24.3 Å². The van der Waals surface area contributed by atoms with Gasteiger partial charge in [0.25, 0.3) is 0 Å². The zero-order valence-corrected chi connectivity index (χ0v) is 16.6. The van der Waals surface area contributed by atoms with E-state index in [0.717, 1.165) is 24.8 Å². The van der Waals surface area contributed by atoms with Gasteiger partial charge < -0.3 is 19.9 Å². The fourth-order valence-electron chi connectivity index (χ4n) is 3.36. The molecule has 0 aliphatic heterocycles. The van der Waals surface area contributed by atoms with E-state index in [1.54, 1.807) is 0 Å². The molecule has 0 radical (unpaired) electrons. The average molecular weight is 399 g/mol. The van der Waals surface area contributed by atoms with Gasteiger partial charge in [0.2, 0.25) is 0 Å². The number of halogens is 1. The van der Waals surface area contributed by atoms with E-state index < -0.39 is 5.54 Å². The zero-order chi connectivity index (χ0) is 19.4. The van der Waals surface area contributed by atoms with Crippen LogP contribution in [0.5, 0.6) is 0 Å². The normalized spacial score (nSPS) is 20.1. The number of ketones is 1. The minimum atomic E-state index is -0.698. The lowest BCUT2D eigenvalue weighted by Crippen LogP contribution is -2.52. The average Bonchev–Trinajstić information content (AvgIpc) is 2.68. The van der Waals surface area contributed by atoms with Gasteiger partial charge in [0.05, 0.1) is 39.6 Å². The predicted octanol–water partition coefficient (Wildman–Crippen LogP) is 2.28. The minimum Gasteiger partial charge on any atom is -0.378 e. The summed E-state index contributed by atoms with van der Waals surface area (Å²) in [5.41, 5.74) is 5.51. The maximum atomic E-state index is 12.8. The summed E-state index contributed by atoms with van der Waals surface area (Å²) < 4.78 is 16.2. The second-order valence-electron chi connectivity index (χ2n) is 6.57. The van der Waals surface area contributed by atoms with Gasteiger partial charge in [0.15, 0.2) is 5.78 Å². The molecular formula is C20H31ClN2O4. The number of carbonyl (C=O) groups is 1. The largest absolute Gasteiger partial charge is 0.378 e. The van der Waals surface area contributed by atoms with Crippen LogP contribution >= 0.6 is 11.6 Å². The highest BCUT2D eigenvalue weighted by Gasteiger charge is 2.41. The Kier molecular flexibility index (Phi) is 10.3. The predicted molar refractivity (Wildman–Crippen MR) is 106 cm³/mol. The second kappa shape index (κ2) is 12.4. The van der Waals surface area contributed by atoms with Gasteiger partial charge in [-0.3, -0.25) is 10.1 Å². The van der Waals surface area contributed by atoms with Crippen molar-refractivity contribution in [2.45, 2.75) is 31.2 Å². The molecule has 1 saturated carbocycles. The monoisotopic (exact) mass is 398 g/mol. The molecule has 1 aliphatic carbocycles. The minimum absolute atomic E-state index is 0.211. The fraction of sp³-hybridized carbons (Fsp3) is 0.650. The van der Waals surface area contributed by atoms with Crippen LogP contribution in [0.3, 0.4) is 0 Å². The Bertz CT molecular complexity index is 573. The quantitative estimate of drug-likeness (QED) is 0.496. The highest BCUT2D eigenvalue weighted by molar-refractivity contribution is 6.31. The van der Waals surface area contributed by atoms with Crippen molar-refractivity contribution in [3.8, 4) is 0 Å². The van der Waals surface area contributed by atoms with Crippen molar-refractivity contribution in [2.24, 2.45) is 5.73 Å². The van der Waals surface area contributed by atoms with E-state index in [-0.39, 0.29) is 5.78 Å². The summed E-state index contributed by atoms with van der Waals surface area (Å²) in [5.74, 6) is 0.211. The molecule has 3 N–H and O–H groups in total. The van der Waals surface area contributed by atoms with Gasteiger partial charge in [-0.05, 0) is 24.5 Å². The number of ether oxygens (including phenoxy) is 3. The fourth-order valence-corrected chi connectivity index (χ4v) is 3.66. The molecule has 1 fully saturated rings. The molecule has 1 aliphatic rings. The van der Waals surface area contributed by atoms with Gasteiger partial charge in [-0.1, -0.05) is 36.2 Å². The van der Waals surface area contributed by atoms with E-state index in [0.29, 0.717) is 64.2 Å². The number of Topliss-reactive ketones (excluding diaryl/α,β-unsaturated/α-hetero) is 1. The van der Waals surface area contributed by atoms with Crippen LogP contribution in [0.4, 0.5) is 0 Å². The maximum absolute atomic E-state index is 12.8. The van der Waals surface area contributed by atoms with E-state index in [4.69, 9.17) is 31.5 Å². The molecular weight excluding hydrogens is 368 g/mol. The van der Waals surface area contributed by atoms with Crippen molar-refractivity contribution in [1.29, 1.82) is 0 Å². The molecule has 0 heterocycles. The van der Waals surface area contributed by atoms with Crippen LogP contribution in [0, 0.1) is 0 Å². The Hall–Kier alpha value is -1.02. The molecule has 0 bridgehead atoms. The number of nitrogens with two attached hydrogens (primary N) is 1. The smallest absolute Gasteiger partial charge is 0.157 e. The van der Waals surface area contributed by atoms with E-state index in [2.05, 4.69) is 5.32 Å². The van der Waals surface area contributed by atoms with Crippen LogP contribution in [0.25, 0.3) is 0 Å². The van der Waals surface area contributed by atoms with Crippen molar-refractivity contribution in [3.63, 3.8) is 0 Å². The SMILES string of the molecule is NCCOCCOCCOCCNC1(c2ccccc2Cl)CCCCC1=O. The van der Waals surface area contributed by atoms with Crippen molar-refractivity contribution in [1.82, 2.24) is 5.32 Å². The number of carbonyl (C=O) groups excluding carboxylic acids is 1. The molecule has 7 heteroatoms. The molecule has 2 rings (SSSR count). The molecule has 6 nitrogen and oxygen atoms in total. The standard InChI is InChI=1S/C20H31ClN2O4/c21-18-6-2-1-5-17(18)20(8-4-3-7-19(20)24)23-10-12-26-14-16-27-15-13-25-11-9-22/h1-2,5-6,23H,3-4,7-16,22H2. The molecule has 27 heavy (non-hydrogen) atoms. The molecule has 0 saturated heterocycles. The summed E-state index contributed by atoms with van der Waals surface area (Å²) in [6.07, 6.45) is 3.29. The number of hydrogen-bond acceptors (Lipinski definition) is 6. The molecule has 152 valence electrons. The first-order valence-electron chi connectivity index (χ1n) is 9.67. The highest BCUT2D eigenvalue weighted by atomic mass is 35.5. The lowest BCUT2D eigenvalue weighted by Gasteiger charge is -2.38. The highest BCUT2D eigenvalue weighted by Crippen LogP contribution is 2.37. The summed E-state index contributed by atoms with van der Waals surface area (Å²) in [5, 5.41) is 4.07. The maximum Gasteiger partial charge on any atom is 0.157 e. The van der Waals surface area contributed by atoms with Crippen LogP contribution in [0.1, 0.15) is 31.2 Å². The van der Waals surface area contributed by atoms with Gasteiger partial charge in [0.1, 0.15) is 5.54 Å². The van der Waals surface area contributed by atoms with Crippen LogP contribution in [-0.4, -0.2) is 58.5 Å². The van der Waals surface area contributed by atoms with Crippen LogP contribution in [-0.2, 0) is 24.5 Å². The van der Waals surface area contributed by atoms with Gasteiger partial charge in [-0.2, -0.15) is 0 Å². The Morgan fingerprint density at radius 3 is 2.33 bits per heavy atom. The van der Waals surface area contributed by atoms with E-state index >= 15 is 0 Å². The summed E-state index contributed by atoms with van der Waals surface area (Å²) in [6.45, 7) is 4.26. The van der Waals surface area contributed by atoms with Gasteiger partial charge in [-0.25, -0.2) is 0 Å². The lowest BCUT2D eigenvalue weighted by atomic mass is 9.75. The van der Waals surface area contributed by atoms with Crippen molar-refractivity contribution >= 4 is 17.4 Å². The van der Waals surface area contributed by atoms with Gasteiger partial charge >= 0.3 is 0 Å². The van der Waals surface area contributed by atoms with E-state index in [9.17, 15) is 4.79 Å². The van der Waals surface area contributed by atoms with Crippen molar-refractivity contribution < 1.29 is 19.0 Å². The van der Waals surface area contributed by atoms with Crippen LogP contribution in [0.2, 0.25) is 5.02 Å². The third kappa shape index (κ3) is 6.82. The lowest BCUT2D eigenvalue weighted by molar-refractivity contribution is -0.128. The number of hydrogen-bond donors (Lipinski definition) is 2. The Morgan fingerprint density at radius 1 is 1.00 bits per heavy atom. The first-order chi connectivity index (χ1) is 13.2. The van der Waals surface area contributed by atoms with E-state index in [1.807, 2.05) is 24.3 Å². The summed E-state index contributed by atoms with van der Waals surface area (Å²) >= 11 is 6.40. The Balaban J connectivity index is 1.73. The third-order valence-corrected chi connectivity index (χ3v) is 5.02. The zero-order valence-electron chi connectivity index (χ0n) is 15.9. The molecule has 1 aromatic carbocycles. The second-order valence-corrected chi connectivity index (χ2v) is 6.98. The Morgan fingerprint density at radius 2 is 1.67 bits per heavy atom. The summed E-state index contributed by atoms with van der Waals surface area (Å²) in [4.78, 5) is 12.8. The first kappa shape index (κ1) is 22.3. The van der Waals surface area contributed by atoms with Crippen molar-refractivity contribution in [2.75, 3.05) is 52.7 Å². The molecule has 1 aromatic rings. The molecule has 0 aromatic heterocycles. The summed E-state index contributed by atoms with van der Waals surface area (Å²) in [7, 11) is 0. The van der Waals surface area contributed by atoms with Gasteiger partial charge in [0, 0.05) is 24.5 Å². The topological polar surface area (TPSA) is 82.8 Å². The molecule has 1 atom stereocenters. The summed E-state index contributed by atoms with van der Waals surface area (Å²) in [6, 6.07) is 7.60. The number of rotatable bonds is 13. The van der Waals surface area contributed by atoms with E-state index in [1.165, 1.54) is 0 Å². The number of nitrogens with one attached hydrogen (secondary N) is 1. The van der Waals surface area contributed by atoms with Crippen LogP contribution < -0.4 is 11.1 Å². The molecule has 0 spiro atoms. The number of benzene rings is 1. The van der Waals surface area contributed by atoms with Gasteiger partial charge in [-0.15, -0.1) is 0 Å². The van der Waals surface area contributed by atoms with Crippen molar-refractivity contribution in [3.05, 3.63) is 34.9 Å². The first-order valence-corrected chi connectivity index (χ1v) is 10.0.